The number of benzene rings is 1. The van der Waals surface area contributed by atoms with Gasteiger partial charge in [0.25, 0.3) is 0 Å². The molecule has 6 heteroatoms. The zero-order valence-electron chi connectivity index (χ0n) is 12.2. The van der Waals surface area contributed by atoms with Crippen LogP contribution in [0, 0.1) is 0 Å². The van der Waals surface area contributed by atoms with Gasteiger partial charge in [-0.2, -0.15) is 0 Å². The lowest BCUT2D eigenvalue weighted by atomic mass is 10.2. The van der Waals surface area contributed by atoms with Gasteiger partial charge in [-0.05, 0) is 30.5 Å². The Morgan fingerprint density at radius 3 is 2.57 bits per heavy atom. The Hall–Kier alpha value is -2.21. The van der Waals surface area contributed by atoms with Crippen LogP contribution in [0.5, 0.6) is 11.5 Å². The first-order valence-corrected chi connectivity index (χ1v) is 7.35. The number of hydrogen-bond donors (Lipinski definition) is 2. The Morgan fingerprint density at radius 1 is 1.19 bits per heavy atom. The molecule has 0 spiro atoms. The van der Waals surface area contributed by atoms with Gasteiger partial charge in [-0.15, -0.1) is 11.3 Å². The number of thiophene rings is 1. The number of anilines is 1. The quantitative estimate of drug-likeness (QED) is 0.886. The summed E-state index contributed by atoms with van der Waals surface area (Å²) in [6, 6.07) is 8.88. The second-order valence-corrected chi connectivity index (χ2v) is 5.38. The fourth-order valence-electron chi connectivity index (χ4n) is 1.89. The third-order valence-corrected chi connectivity index (χ3v) is 4.01. The van der Waals surface area contributed by atoms with E-state index in [2.05, 4.69) is 10.6 Å². The zero-order chi connectivity index (χ0) is 15.2. The first-order chi connectivity index (χ1) is 10.1. The van der Waals surface area contributed by atoms with Crippen molar-refractivity contribution < 1.29 is 14.3 Å². The molecule has 0 fully saturated rings. The van der Waals surface area contributed by atoms with Gasteiger partial charge >= 0.3 is 6.03 Å². The highest BCUT2D eigenvalue weighted by Gasteiger charge is 2.11. The van der Waals surface area contributed by atoms with Gasteiger partial charge < -0.3 is 20.1 Å². The highest BCUT2D eigenvalue weighted by molar-refractivity contribution is 7.10. The van der Waals surface area contributed by atoms with Gasteiger partial charge in [-0.3, -0.25) is 0 Å². The summed E-state index contributed by atoms with van der Waals surface area (Å²) in [5.41, 5.74) is 0.642. The number of amides is 2. The highest BCUT2D eigenvalue weighted by atomic mass is 32.1. The Morgan fingerprint density at radius 2 is 1.95 bits per heavy atom. The van der Waals surface area contributed by atoms with Crippen molar-refractivity contribution >= 4 is 23.1 Å². The number of urea groups is 1. The molecule has 112 valence electrons. The molecular formula is C15H18N2O3S. The fourth-order valence-corrected chi connectivity index (χ4v) is 2.62. The molecule has 1 aromatic heterocycles. The van der Waals surface area contributed by atoms with Crippen molar-refractivity contribution in [2.75, 3.05) is 19.5 Å². The molecule has 2 rings (SSSR count). The first-order valence-electron chi connectivity index (χ1n) is 6.47. The second-order valence-electron chi connectivity index (χ2n) is 4.41. The van der Waals surface area contributed by atoms with Crippen molar-refractivity contribution in [3.05, 3.63) is 40.6 Å². The van der Waals surface area contributed by atoms with Gasteiger partial charge in [-0.1, -0.05) is 6.07 Å². The smallest absolute Gasteiger partial charge is 0.319 e. The van der Waals surface area contributed by atoms with Crippen LogP contribution in [0.1, 0.15) is 17.8 Å². The van der Waals surface area contributed by atoms with E-state index in [4.69, 9.17) is 9.47 Å². The van der Waals surface area contributed by atoms with Crippen LogP contribution in [-0.2, 0) is 0 Å². The molecule has 1 heterocycles. The van der Waals surface area contributed by atoms with Crippen LogP contribution in [0.2, 0.25) is 0 Å². The predicted molar refractivity (Wildman–Crippen MR) is 84.4 cm³/mol. The summed E-state index contributed by atoms with van der Waals surface area (Å²) in [5.74, 6) is 1.19. The first kappa shape index (κ1) is 15.2. The number of hydrogen-bond acceptors (Lipinski definition) is 4. The van der Waals surface area contributed by atoms with Crippen LogP contribution in [-0.4, -0.2) is 20.3 Å². The van der Waals surface area contributed by atoms with E-state index in [0.717, 1.165) is 4.88 Å². The average Bonchev–Trinajstić information content (AvgIpc) is 3.01. The van der Waals surface area contributed by atoms with Gasteiger partial charge in [0.1, 0.15) is 0 Å². The standard InChI is InChI=1S/C15H18N2O3S/c1-10(14-5-4-8-21-14)16-15(18)17-11-6-7-12(19-2)13(9-11)20-3/h4-10H,1-3H3,(H2,16,17,18). The lowest BCUT2D eigenvalue weighted by molar-refractivity contribution is 0.249. The van der Waals surface area contributed by atoms with Crippen LogP contribution in [0.3, 0.4) is 0 Å². The minimum atomic E-state index is -0.261. The minimum absolute atomic E-state index is 0.0369. The van der Waals surface area contributed by atoms with Gasteiger partial charge in [-0.25, -0.2) is 4.79 Å². The third-order valence-electron chi connectivity index (χ3n) is 2.96. The Bertz CT molecular complexity index is 599. The average molecular weight is 306 g/mol. The summed E-state index contributed by atoms with van der Waals surface area (Å²) in [5, 5.41) is 7.65. The van der Waals surface area contributed by atoms with E-state index in [0.29, 0.717) is 17.2 Å². The number of ether oxygens (including phenoxy) is 2. The number of carbonyl (C=O) groups is 1. The molecule has 1 atom stereocenters. The molecule has 0 aliphatic rings. The summed E-state index contributed by atoms with van der Waals surface area (Å²) >= 11 is 1.61. The van der Waals surface area contributed by atoms with Gasteiger partial charge in [0.05, 0.1) is 20.3 Å². The lowest BCUT2D eigenvalue weighted by Crippen LogP contribution is -2.30. The molecule has 21 heavy (non-hydrogen) atoms. The summed E-state index contributed by atoms with van der Waals surface area (Å²) in [4.78, 5) is 13.1. The molecule has 2 aromatic rings. The van der Waals surface area contributed by atoms with Crippen molar-refractivity contribution in [1.82, 2.24) is 5.32 Å². The highest BCUT2D eigenvalue weighted by Crippen LogP contribution is 2.29. The molecular weight excluding hydrogens is 288 g/mol. The minimum Gasteiger partial charge on any atom is -0.493 e. The van der Waals surface area contributed by atoms with Crippen LogP contribution >= 0.6 is 11.3 Å². The normalized spacial score (nSPS) is 11.6. The number of carbonyl (C=O) groups excluding carboxylic acids is 1. The maximum absolute atomic E-state index is 12.0. The monoisotopic (exact) mass is 306 g/mol. The van der Waals surface area contributed by atoms with E-state index < -0.39 is 0 Å². The lowest BCUT2D eigenvalue weighted by Gasteiger charge is -2.14. The predicted octanol–water partition coefficient (Wildman–Crippen LogP) is 3.65. The summed E-state index contributed by atoms with van der Waals surface area (Å²) in [6.07, 6.45) is 0. The SMILES string of the molecule is COc1ccc(NC(=O)NC(C)c2cccs2)cc1OC. The maximum Gasteiger partial charge on any atom is 0.319 e. The molecule has 2 N–H and O–H groups in total. The van der Waals surface area contributed by atoms with Crippen molar-refractivity contribution in [3.8, 4) is 11.5 Å². The van der Waals surface area contributed by atoms with E-state index >= 15 is 0 Å². The van der Waals surface area contributed by atoms with E-state index in [1.54, 1.807) is 43.8 Å². The molecule has 0 aliphatic heterocycles. The van der Waals surface area contributed by atoms with Crippen molar-refractivity contribution in [2.45, 2.75) is 13.0 Å². The molecule has 1 unspecified atom stereocenters. The molecule has 5 nitrogen and oxygen atoms in total. The van der Waals surface area contributed by atoms with Gasteiger partial charge in [0.2, 0.25) is 0 Å². The van der Waals surface area contributed by atoms with Crippen LogP contribution in [0.25, 0.3) is 0 Å². The number of methoxy groups -OCH3 is 2. The molecule has 0 saturated heterocycles. The van der Waals surface area contributed by atoms with E-state index in [1.165, 1.54) is 0 Å². The fraction of sp³-hybridized carbons (Fsp3) is 0.267. The molecule has 0 aliphatic carbocycles. The van der Waals surface area contributed by atoms with Gasteiger partial charge in [0.15, 0.2) is 11.5 Å². The summed E-state index contributed by atoms with van der Waals surface area (Å²) < 4.78 is 10.4. The Balaban J connectivity index is 1.99. The zero-order valence-corrected chi connectivity index (χ0v) is 13.0. The largest absolute Gasteiger partial charge is 0.493 e. The topological polar surface area (TPSA) is 59.6 Å². The van der Waals surface area contributed by atoms with Crippen LogP contribution in [0.15, 0.2) is 35.7 Å². The maximum atomic E-state index is 12.0. The molecule has 2 amide bonds. The molecule has 0 bridgehead atoms. The second kappa shape index (κ2) is 6.99. The third kappa shape index (κ3) is 3.88. The van der Waals surface area contributed by atoms with E-state index in [-0.39, 0.29) is 12.1 Å². The van der Waals surface area contributed by atoms with Crippen LogP contribution < -0.4 is 20.1 Å². The Labute approximate surface area is 127 Å². The van der Waals surface area contributed by atoms with E-state index in [9.17, 15) is 4.79 Å². The molecule has 0 radical (unpaired) electrons. The van der Waals surface area contributed by atoms with Crippen molar-refractivity contribution in [2.24, 2.45) is 0 Å². The van der Waals surface area contributed by atoms with Gasteiger partial charge in [0, 0.05) is 16.6 Å². The molecule has 0 saturated carbocycles. The van der Waals surface area contributed by atoms with Crippen molar-refractivity contribution in [1.29, 1.82) is 0 Å². The van der Waals surface area contributed by atoms with Crippen molar-refractivity contribution in [3.63, 3.8) is 0 Å². The van der Waals surface area contributed by atoms with Crippen LogP contribution in [0.4, 0.5) is 10.5 Å². The van der Waals surface area contributed by atoms with E-state index in [1.807, 2.05) is 24.4 Å². The number of rotatable bonds is 5. The molecule has 1 aromatic carbocycles. The summed E-state index contributed by atoms with van der Waals surface area (Å²) in [7, 11) is 3.13. The number of nitrogens with one attached hydrogen (secondary N) is 2. The summed E-state index contributed by atoms with van der Waals surface area (Å²) in [6.45, 7) is 1.94. The Kier molecular flexibility index (Phi) is 5.05.